The summed E-state index contributed by atoms with van der Waals surface area (Å²) in [7, 11) is 1.60. The van der Waals surface area contributed by atoms with Crippen molar-refractivity contribution >= 4 is 56.4 Å². The largest absolute Gasteiger partial charge is 0.495 e. The second-order valence-electron chi connectivity index (χ2n) is 5.07. The van der Waals surface area contributed by atoms with Crippen molar-refractivity contribution < 1.29 is 4.74 Å². The summed E-state index contributed by atoms with van der Waals surface area (Å²) in [5, 5.41) is 4.35. The van der Waals surface area contributed by atoms with Gasteiger partial charge >= 0.3 is 0 Å². The van der Waals surface area contributed by atoms with Crippen LogP contribution in [0.25, 0.3) is 21.7 Å². The van der Waals surface area contributed by atoms with Crippen LogP contribution in [0, 0.1) is 3.70 Å². The van der Waals surface area contributed by atoms with Gasteiger partial charge in [0.05, 0.1) is 23.3 Å². The molecule has 0 amide bonds. The van der Waals surface area contributed by atoms with E-state index in [-0.39, 0.29) is 0 Å². The fourth-order valence-corrected chi connectivity index (χ4v) is 3.81. The van der Waals surface area contributed by atoms with Gasteiger partial charge in [-0.3, -0.25) is 0 Å². The zero-order valence-corrected chi connectivity index (χ0v) is 16.0. The highest BCUT2D eigenvalue weighted by Crippen LogP contribution is 2.33. The number of rotatable bonds is 3. The average Bonchev–Trinajstić information content (AvgIpc) is 2.96. The third-order valence-electron chi connectivity index (χ3n) is 3.23. The van der Waals surface area contributed by atoms with Gasteiger partial charge in [0.25, 0.3) is 0 Å². The van der Waals surface area contributed by atoms with E-state index in [1.165, 1.54) is 0 Å². The molecule has 0 aliphatic heterocycles. The molecule has 114 valence electrons. The average molecular weight is 446 g/mol. The van der Waals surface area contributed by atoms with E-state index < -0.39 is 0 Å². The zero-order valence-electron chi connectivity index (χ0n) is 12.2. The summed E-state index contributed by atoms with van der Waals surface area (Å²) >= 11 is 9.96. The number of thiazole rings is 1. The fraction of sp³-hybridized carbons (Fsp3) is 0.267. The van der Waals surface area contributed by atoms with Crippen molar-refractivity contribution in [1.29, 1.82) is 0 Å². The van der Waals surface area contributed by atoms with Gasteiger partial charge in [-0.25, -0.2) is 15.0 Å². The Kier molecular flexibility index (Phi) is 4.52. The first kappa shape index (κ1) is 15.9. The van der Waals surface area contributed by atoms with Gasteiger partial charge in [-0.05, 0) is 40.6 Å². The lowest BCUT2D eigenvalue weighted by molar-refractivity contribution is 0.415. The number of ether oxygens (including phenoxy) is 1. The normalized spacial score (nSPS) is 11.4. The Balaban J connectivity index is 2.15. The molecule has 0 saturated heterocycles. The molecule has 22 heavy (non-hydrogen) atoms. The summed E-state index contributed by atoms with van der Waals surface area (Å²) in [6.45, 7) is 4.24. The van der Waals surface area contributed by atoms with E-state index in [9.17, 15) is 0 Å². The molecule has 0 spiro atoms. The second kappa shape index (κ2) is 6.25. The number of hydrogen-bond acceptors (Lipinski definition) is 5. The summed E-state index contributed by atoms with van der Waals surface area (Å²) in [6.07, 6.45) is 0. The van der Waals surface area contributed by atoms with Gasteiger partial charge in [0.15, 0.2) is 10.8 Å². The van der Waals surface area contributed by atoms with E-state index in [4.69, 9.17) is 16.3 Å². The van der Waals surface area contributed by atoms with Crippen LogP contribution < -0.4 is 4.74 Å². The molecule has 4 nitrogen and oxygen atoms in total. The highest BCUT2D eigenvalue weighted by molar-refractivity contribution is 14.1. The Labute approximate surface area is 151 Å². The summed E-state index contributed by atoms with van der Waals surface area (Å²) in [6, 6.07) is 3.67. The number of benzene rings is 1. The maximum atomic E-state index is 6.20. The smallest absolute Gasteiger partial charge is 0.190 e. The quantitative estimate of drug-likeness (QED) is 0.413. The molecule has 0 N–H and O–H groups in total. The summed E-state index contributed by atoms with van der Waals surface area (Å²) in [5.41, 5.74) is 1.85. The highest BCUT2D eigenvalue weighted by Gasteiger charge is 2.14. The zero-order chi connectivity index (χ0) is 15.9. The van der Waals surface area contributed by atoms with E-state index >= 15 is 0 Å². The lowest BCUT2D eigenvalue weighted by Crippen LogP contribution is -1.96. The minimum absolute atomic E-state index is 0.392. The van der Waals surface area contributed by atoms with Crippen molar-refractivity contribution in [2.24, 2.45) is 0 Å². The molecular weight excluding hydrogens is 433 g/mol. The van der Waals surface area contributed by atoms with Crippen LogP contribution in [0.2, 0.25) is 5.02 Å². The van der Waals surface area contributed by atoms with Crippen molar-refractivity contribution in [3.05, 3.63) is 31.9 Å². The van der Waals surface area contributed by atoms with Crippen LogP contribution in [0.1, 0.15) is 25.5 Å². The first-order valence-electron chi connectivity index (χ1n) is 6.66. The Hall–Kier alpha value is -0.990. The molecule has 0 atom stereocenters. The third-order valence-corrected chi connectivity index (χ3v) is 5.20. The Morgan fingerprint density at radius 1 is 1.23 bits per heavy atom. The molecule has 3 rings (SSSR count). The molecule has 1 aromatic carbocycles. The molecule has 0 aliphatic carbocycles. The fourth-order valence-electron chi connectivity index (χ4n) is 2.00. The van der Waals surface area contributed by atoms with Gasteiger partial charge in [0.1, 0.15) is 9.45 Å². The van der Waals surface area contributed by atoms with Gasteiger partial charge in [-0.15, -0.1) is 11.3 Å². The van der Waals surface area contributed by atoms with Crippen molar-refractivity contribution in [2.75, 3.05) is 7.11 Å². The molecule has 2 heterocycles. The van der Waals surface area contributed by atoms with Crippen molar-refractivity contribution in [2.45, 2.75) is 19.8 Å². The molecule has 0 aliphatic rings. The predicted molar refractivity (Wildman–Crippen MR) is 99.0 cm³/mol. The number of fused-ring (bicyclic) bond motifs is 1. The standard InChI is InChI=1S/C15H13ClIN3OS/c1-7(2)11-6-22-15(19-11)14-18-10-5-9(16)12(21-3)4-8(10)13(17)20-14/h4-7H,1-3H3. The molecular formula is C15H13ClIN3OS. The molecule has 3 aromatic rings. The molecule has 7 heteroatoms. The minimum atomic E-state index is 0.392. The Morgan fingerprint density at radius 3 is 2.64 bits per heavy atom. The van der Waals surface area contributed by atoms with E-state index in [1.807, 2.05) is 6.07 Å². The number of aromatic nitrogens is 3. The number of nitrogens with zero attached hydrogens (tertiary/aromatic N) is 3. The number of methoxy groups -OCH3 is 1. The van der Waals surface area contributed by atoms with Crippen LogP contribution in [0.3, 0.4) is 0 Å². The maximum absolute atomic E-state index is 6.20. The Morgan fingerprint density at radius 2 is 2.00 bits per heavy atom. The lowest BCUT2D eigenvalue weighted by Gasteiger charge is -2.07. The molecule has 0 saturated carbocycles. The summed E-state index contributed by atoms with van der Waals surface area (Å²) in [5.74, 6) is 1.65. The van der Waals surface area contributed by atoms with E-state index in [0.29, 0.717) is 22.5 Å². The molecule has 0 bridgehead atoms. The van der Waals surface area contributed by atoms with E-state index in [2.05, 4.69) is 56.8 Å². The number of hydrogen-bond donors (Lipinski definition) is 0. The first-order chi connectivity index (χ1) is 10.5. The summed E-state index contributed by atoms with van der Waals surface area (Å²) < 4.78 is 6.11. The van der Waals surface area contributed by atoms with Crippen molar-refractivity contribution in [3.63, 3.8) is 0 Å². The van der Waals surface area contributed by atoms with Crippen LogP contribution in [-0.4, -0.2) is 22.1 Å². The Bertz CT molecular complexity index is 850. The van der Waals surface area contributed by atoms with Crippen LogP contribution in [0.5, 0.6) is 5.75 Å². The summed E-state index contributed by atoms with van der Waals surface area (Å²) in [4.78, 5) is 13.8. The van der Waals surface area contributed by atoms with Gasteiger partial charge in [0.2, 0.25) is 0 Å². The molecule has 0 radical (unpaired) electrons. The van der Waals surface area contributed by atoms with Crippen molar-refractivity contribution in [3.8, 4) is 16.6 Å². The van der Waals surface area contributed by atoms with Crippen LogP contribution in [0.15, 0.2) is 17.5 Å². The number of halogens is 2. The van der Waals surface area contributed by atoms with Crippen molar-refractivity contribution in [1.82, 2.24) is 15.0 Å². The molecule has 0 unspecified atom stereocenters. The van der Waals surface area contributed by atoms with Gasteiger partial charge in [-0.2, -0.15) is 0 Å². The third kappa shape index (κ3) is 2.91. The molecule has 0 fully saturated rings. The van der Waals surface area contributed by atoms with Gasteiger partial charge in [0, 0.05) is 10.8 Å². The monoisotopic (exact) mass is 445 g/mol. The van der Waals surface area contributed by atoms with Crippen LogP contribution in [0.4, 0.5) is 0 Å². The van der Waals surface area contributed by atoms with E-state index in [1.54, 1.807) is 24.5 Å². The molecule has 2 aromatic heterocycles. The second-order valence-corrected chi connectivity index (χ2v) is 7.36. The van der Waals surface area contributed by atoms with Crippen LogP contribution in [-0.2, 0) is 0 Å². The van der Waals surface area contributed by atoms with Gasteiger partial charge in [-0.1, -0.05) is 25.4 Å². The lowest BCUT2D eigenvalue weighted by atomic mass is 10.2. The van der Waals surface area contributed by atoms with Gasteiger partial charge < -0.3 is 4.74 Å². The van der Waals surface area contributed by atoms with E-state index in [0.717, 1.165) is 25.3 Å². The first-order valence-corrected chi connectivity index (χ1v) is 8.99. The predicted octanol–water partition coefficient (Wildman–Crippen LogP) is 5.14. The maximum Gasteiger partial charge on any atom is 0.190 e. The topological polar surface area (TPSA) is 47.9 Å². The minimum Gasteiger partial charge on any atom is -0.495 e. The SMILES string of the molecule is COc1cc2c(I)nc(-c3nc(C(C)C)cs3)nc2cc1Cl. The van der Waals surface area contributed by atoms with Crippen LogP contribution >= 0.6 is 45.5 Å². The highest BCUT2D eigenvalue weighted by atomic mass is 127.